The number of nitrogens with one attached hydrogen (secondary N) is 1. The minimum atomic E-state index is 0.377. The molecule has 0 saturated carbocycles. The number of ether oxygens (including phenoxy) is 2. The summed E-state index contributed by atoms with van der Waals surface area (Å²) in [5.74, 6) is 2.11. The van der Waals surface area contributed by atoms with Crippen LogP contribution in [0.2, 0.25) is 5.02 Å². The molecule has 2 N–H and O–H groups in total. The van der Waals surface area contributed by atoms with E-state index in [1.807, 2.05) is 47.9 Å². The topological polar surface area (TPSA) is 93.0 Å². The number of halogens is 1. The number of pyridine rings is 1. The molecule has 7 nitrogen and oxygen atoms in total. The highest BCUT2D eigenvalue weighted by Gasteiger charge is 2.14. The second-order valence-corrected chi connectivity index (χ2v) is 8.44. The predicted octanol–water partition coefficient (Wildman–Crippen LogP) is 6.09. The second kappa shape index (κ2) is 14.2. The van der Waals surface area contributed by atoms with Crippen LogP contribution in [0, 0.1) is 0 Å². The summed E-state index contributed by atoms with van der Waals surface area (Å²) in [4.78, 5) is 19.7. The molecule has 1 aliphatic heterocycles. The molecule has 3 aromatic rings. The van der Waals surface area contributed by atoms with Gasteiger partial charge in [-0.05, 0) is 35.1 Å². The first-order valence-corrected chi connectivity index (χ1v) is 12.1. The van der Waals surface area contributed by atoms with Gasteiger partial charge in [0.25, 0.3) is 0 Å². The van der Waals surface area contributed by atoms with E-state index in [-0.39, 0.29) is 0 Å². The number of aromatic nitrogens is 1. The Morgan fingerprint density at radius 2 is 1.89 bits per heavy atom. The van der Waals surface area contributed by atoms with E-state index in [9.17, 15) is 4.79 Å². The Morgan fingerprint density at radius 1 is 1.11 bits per heavy atom. The zero-order valence-corrected chi connectivity index (χ0v) is 20.8. The zero-order valence-electron chi connectivity index (χ0n) is 19.2. The molecule has 0 unspecified atom stereocenters. The normalized spacial score (nSPS) is 12.4. The first-order chi connectivity index (χ1) is 17.2. The van der Waals surface area contributed by atoms with Crippen molar-refractivity contribution in [2.45, 2.75) is 19.4 Å². The van der Waals surface area contributed by atoms with Gasteiger partial charge in [-0.3, -0.25) is 4.99 Å². The quantitative estimate of drug-likeness (QED) is 0.335. The molecular weight excluding hydrogens is 486 g/mol. The number of aliphatic hydroxyl groups is 1. The molecule has 182 valence electrons. The molecule has 0 fully saturated rings. The van der Waals surface area contributed by atoms with E-state index in [4.69, 9.17) is 26.2 Å². The third kappa shape index (κ3) is 8.13. The number of aliphatic hydroxyl groups excluding tert-OH is 1. The van der Waals surface area contributed by atoms with Crippen molar-refractivity contribution < 1.29 is 19.4 Å². The number of para-hydroxylation sites is 1. The van der Waals surface area contributed by atoms with E-state index in [1.54, 1.807) is 24.4 Å². The lowest BCUT2D eigenvalue weighted by Gasteiger charge is -2.17. The summed E-state index contributed by atoms with van der Waals surface area (Å²) in [7, 11) is 1.00. The summed E-state index contributed by atoms with van der Waals surface area (Å²) in [5, 5.41) is 13.5. The Morgan fingerprint density at radius 3 is 2.60 bits per heavy atom. The first-order valence-electron chi connectivity index (χ1n) is 10.8. The fourth-order valence-electron chi connectivity index (χ4n) is 3.02. The van der Waals surface area contributed by atoms with Gasteiger partial charge < -0.3 is 24.7 Å². The third-order valence-electron chi connectivity index (χ3n) is 4.70. The molecular formula is C26H26ClN3O4S. The van der Waals surface area contributed by atoms with Gasteiger partial charge in [-0.15, -0.1) is 0 Å². The van der Waals surface area contributed by atoms with Gasteiger partial charge in [0.15, 0.2) is 16.7 Å². The Hall–Kier alpha value is -3.33. The number of carbonyl (C=O) groups is 1. The monoisotopic (exact) mass is 511 g/mol. The fourth-order valence-corrected chi connectivity index (χ4v) is 3.96. The number of thioether (sulfide) groups is 1. The summed E-state index contributed by atoms with van der Waals surface area (Å²) in [6.07, 6.45) is 3.78. The Bertz CT molecular complexity index is 1170. The summed E-state index contributed by atoms with van der Waals surface area (Å²) in [6.45, 7) is 0.930. The summed E-state index contributed by atoms with van der Waals surface area (Å²) in [5.41, 5.74) is 2.17. The lowest BCUT2D eigenvalue weighted by Crippen LogP contribution is -2.13. The maximum absolute atomic E-state index is 10.6. The summed E-state index contributed by atoms with van der Waals surface area (Å²) >= 11 is 7.69. The van der Waals surface area contributed by atoms with Gasteiger partial charge >= 0.3 is 0 Å². The maximum Gasteiger partial charge on any atom is 0.175 e. The number of aliphatic imine (C=N–C) groups is 1. The SMILES string of the molecule is CO.O=CCCC1=CSC(Nc2ncc(Oc3ccccc3Cl)cc2OCc2ccccc2)=NC1. The van der Waals surface area contributed by atoms with Crippen molar-refractivity contribution in [1.82, 2.24) is 4.98 Å². The van der Waals surface area contributed by atoms with Crippen LogP contribution in [0.15, 0.2) is 82.8 Å². The largest absolute Gasteiger partial charge is 0.485 e. The van der Waals surface area contributed by atoms with Crippen LogP contribution in [0.5, 0.6) is 17.2 Å². The fraction of sp³-hybridized carbons (Fsp3) is 0.192. The number of amidine groups is 1. The highest BCUT2D eigenvalue weighted by Crippen LogP contribution is 2.34. The molecule has 0 bridgehead atoms. The average Bonchev–Trinajstić information content (AvgIpc) is 2.91. The van der Waals surface area contributed by atoms with Crippen LogP contribution in [0.3, 0.4) is 0 Å². The number of carbonyl (C=O) groups excluding carboxylic acids is 1. The number of hydrogen-bond donors (Lipinski definition) is 2. The van der Waals surface area contributed by atoms with E-state index in [0.717, 1.165) is 31.0 Å². The molecule has 0 amide bonds. The van der Waals surface area contributed by atoms with Crippen molar-refractivity contribution in [3.05, 3.63) is 88.4 Å². The zero-order chi connectivity index (χ0) is 24.9. The van der Waals surface area contributed by atoms with Crippen LogP contribution in [-0.4, -0.2) is 35.2 Å². The average molecular weight is 512 g/mol. The molecule has 0 atom stereocenters. The number of hydrogen-bond acceptors (Lipinski definition) is 8. The third-order valence-corrected chi connectivity index (χ3v) is 5.92. The predicted molar refractivity (Wildman–Crippen MR) is 142 cm³/mol. The highest BCUT2D eigenvalue weighted by atomic mass is 35.5. The lowest BCUT2D eigenvalue weighted by atomic mass is 10.2. The molecule has 4 rings (SSSR count). The smallest absolute Gasteiger partial charge is 0.175 e. The minimum Gasteiger partial charge on any atom is -0.485 e. The van der Waals surface area contributed by atoms with Gasteiger partial charge in [0.1, 0.15) is 24.4 Å². The Balaban J connectivity index is 0.00000167. The van der Waals surface area contributed by atoms with E-state index < -0.39 is 0 Å². The van der Waals surface area contributed by atoms with Crippen LogP contribution in [0.1, 0.15) is 18.4 Å². The number of anilines is 1. The lowest BCUT2D eigenvalue weighted by molar-refractivity contribution is -0.107. The second-order valence-electron chi connectivity index (χ2n) is 7.17. The molecule has 0 radical (unpaired) electrons. The van der Waals surface area contributed by atoms with Crippen molar-refractivity contribution in [3.8, 4) is 17.2 Å². The molecule has 0 aliphatic carbocycles. The van der Waals surface area contributed by atoms with Crippen molar-refractivity contribution in [3.63, 3.8) is 0 Å². The molecule has 2 heterocycles. The first kappa shape index (κ1) is 26.3. The number of nitrogens with zero attached hydrogens (tertiary/aromatic N) is 2. The molecule has 9 heteroatoms. The van der Waals surface area contributed by atoms with Gasteiger partial charge in [-0.2, -0.15) is 0 Å². The number of aldehydes is 1. The Kier molecular flexibility index (Phi) is 10.6. The van der Waals surface area contributed by atoms with Crippen molar-refractivity contribution in [1.29, 1.82) is 0 Å². The molecule has 1 aliphatic rings. The van der Waals surface area contributed by atoms with E-state index in [1.165, 1.54) is 11.8 Å². The van der Waals surface area contributed by atoms with Crippen LogP contribution in [0.25, 0.3) is 0 Å². The van der Waals surface area contributed by atoms with E-state index >= 15 is 0 Å². The molecule has 0 saturated heterocycles. The van der Waals surface area contributed by atoms with E-state index in [0.29, 0.717) is 52.8 Å². The van der Waals surface area contributed by atoms with Gasteiger partial charge in [0.2, 0.25) is 0 Å². The summed E-state index contributed by atoms with van der Waals surface area (Å²) in [6, 6.07) is 18.9. The Labute approximate surface area is 213 Å². The van der Waals surface area contributed by atoms with Crippen molar-refractivity contribution in [2.75, 3.05) is 19.0 Å². The molecule has 2 aromatic carbocycles. The molecule has 35 heavy (non-hydrogen) atoms. The van der Waals surface area contributed by atoms with Gasteiger partial charge in [0, 0.05) is 19.6 Å². The minimum absolute atomic E-state index is 0.377. The molecule has 1 aromatic heterocycles. The number of rotatable bonds is 9. The van der Waals surface area contributed by atoms with Gasteiger partial charge in [-0.25, -0.2) is 4.98 Å². The molecule has 0 spiro atoms. The van der Waals surface area contributed by atoms with E-state index in [2.05, 4.69) is 15.3 Å². The van der Waals surface area contributed by atoms with Crippen molar-refractivity contribution in [2.24, 2.45) is 4.99 Å². The van der Waals surface area contributed by atoms with Gasteiger partial charge in [0.05, 0.1) is 17.8 Å². The maximum atomic E-state index is 10.6. The van der Waals surface area contributed by atoms with Crippen LogP contribution in [0.4, 0.5) is 5.82 Å². The van der Waals surface area contributed by atoms with Crippen LogP contribution in [-0.2, 0) is 11.4 Å². The standard InChI is InChI=1S/C25H22ClN3O3S.CH4O/c26-21-10-4-5-11-22(21)32-20-13-23(31-16-18-7-2-1-3-8-18)24(27-15-20)29-25-28-14-19(17-33-25)9-6-12-30;1-2/h1-5,7-8,10-13,15,17H,6,9,14,16H2,(H,27,28,29);2H,1H3. The summed E-state index contributed by atoms with van der Waals surface area (Å²) < 4.78 is 12.0. The van der Waals surface area contributed by atoms with Crippen molar-refractivity contribution >= 4 is 40.6 Å². The highest BCUT2D eigenvalue weighted by molar-refractivity contribution is 8.16. The number of benzene rings is 2. The van der Waals surface area contributed by atoms with Crippen LogP contribution < -0.4 is 14.8 Å². The van der Waals surface area contributed by atoms with Gasteiger partial charge in [-0.1, -0.05) is 65.8 Å². The van der Waals surface area contributed by atoms with Crippen LogP contribution >= 0.6 is 23.4 Å².